The van der Waals surface area contributed by atoms with Gasteiger partial charge in [-0.2, -0.15) is 0 Å². The summed E-state index contributed by atoms with van der Waals surface area (Å²) >= 11 is 4.72. The fourth-order valence-corrected chi connectivity index (χ4v) is 3.01. The molecule has 1 heterocycles. The van der Waals surface area contributed by atoms with Crippen LogP contribution < -0.4 is 4.90 Å². The lowest BCUT2D eigenvalue weighted by Gasteiger charge is -2.14. The Balaban J connectivity index is 2.10. The highest BCUT2D eigenvalue weighted by atomic mass is 79.9. The Morgan fingerprint density at radius 1 is 1.32 bits per heavy atom. The van der Waals surface area contributed by atoms with Crippen molar-refractivity contribution in [1.82, 2.24) is 4.98 Å². The minimum Gasteiger partial charge on any atom is -0.289 e. The van der Waals surface area contributed by atoms with Gasteiger partial charge in [-0.25, -0.2) is 4.98 Å². The van der Waals surface area contributed by atoms with E-state index >= 15 is 0 Å². The van der Waals surface area contributed by atoms with Crippen molar-refractivity contribution in [2.24, 2.45) is 0 Å². The van der Waals surface area contributed by atoms with Gasteiger partial charge in [0.15, 0.2) is 10.9 Å². The third-order valence-electron chi connectivity index (χ3n) is 2.97. The molecule has 1 aromatic carbocycles. The van der Waals surface area contributed by atoms with Gasteiger partial charge in [-0.3, -0.25) is 14.5 Å². The van der Waals surface area contributed by atoms with Crippen LogP contribution in [0.3, 0.4) is 0 Å². The molecule has 0 aliphatic heterocycles. The molecule has 0 fully saturated rings. The lowest BCUT2D eigenvalue weighted by Crippen LogP contribution is -2.27. The Kier molecular flexibility index (Phi) is 5.63. The second-order valence-corrected chi connectivity index (χ2v) is 6.27. The van der Waals surface area contributed by atoms with Gasteiger partial charge in [-0.15, -0.1) is 11.3 Å². The smallest absolute Gasteiger partial charge is 0.225 e. The average Bonchev–Trinajstić information content (AvgIpc) is 2.94. The van der Waals surface area contributed by atoms with Crippen molar-refractivity contribution < 1.29 is 9.59 Å². The normalized spacial score (nSPS) is 10.9. The van der Waals surface area contributed by atoms with Crippen LogP contribution in [0.2, 0.25) is 0 Å². The van der Waals surface area contributed by atoms with Crippen LogP contribution in [-0.2, 0) is 4.79 Å². The number of rotatable bonds is 5. The Labute approximate surface area is 141 Å². The molecule has 2 aromatic rings. The standard InChI is InChI=1S/C16H15BrN2O2S/c1-3-19(11(2)20)16-18-14(10-22-16)8-9-15(21)12-4-6-13(17)7-5-12/h4-10H,3H2,1-2H3/b9-8+. The first kappa shape index (κ1) is 16.6. The van der Waals surface area contributed by atoms with Crippen LogP contribution in [-0.4, -0.2) is 23.2 Å². The number of carbonyl (C=O) groups is 2. The highest BCUT2D eigenvalue weighted by molar-refractivity contribution is 9.10. The molecule has 0 N–H and O–H groups in total. The maximum atomic E-state index is 12.0. The number of ketones is 1. The first-order chi connectivity index (χ1) is 10.5. The van der Waals surface area contributed by atoms with Gasteiger partial charge in [-0.05, 0) is 43.3 Å². The van der Waals surface area contributed by atoms with Crippen molar-refractivity contribution in [3.63, 3.8) is 0 Å². The molecule has 0 radical (unpaired) electrons. The van der Waals surface area contributed by atoms with Gasteiger partial charge >= 0.3 is 0 Å². The maximum absolute atomic E-state index is 12.0. The fraction of sp³-hybridized carbons (Fsp3) is 0.188. The molecule has 0 aliphatic carbocycles. The van der Waals surface area contributed by atoms with Gasteiger partial charge in [0.1, 0.15) is 0 Å². The minimum absolute atomic E-state index is 0.0432. The van der Waals surface area contributed by atoms with Crippen molar-refractivity contribution in [2.45, 2.75) is 13.8 Å². The highest BCUT2D eigenvalue weighted by Crippen LogP contribution is 2.21. The number of anilines is 1. The maximum Gasteiger partial charge on any atom is 0.225 e. The molecule has 0 saturated heterocycles. The van der Waals surface area contributed by atoms with Gasteiger partial charge in [0.2, 0.25) is 5.91 Å². The molecule has 22 heavy (non-hydrogen) atoms. The Bertz CT molecular complexity index is 707. The third kappa shape index (κ3) is 4.11. The summed E-state index contributed by atoms with van der Waals surface area (Å²) in [5.41, 5.74) is 1.29. The van der Waals surface area contributed by atoms with Gasteiger partial charge in [-0.1, -0.05) is 15.9 Å². The van der Waals surface area contributed by atoms with E-state index in [1.807, 2.05) is 24.4 Å². The topological polar surface area (TPSA) is 50.3 Å². The molecule has 2 rings (SSSR count). The molecule has 0 aliphatic rings. The quantitative estimate of drug-likeness (QED) is 0.579. The summed E-state index contributed by atoms with van der Waals surface area (Å²) in [5, 5.41) is 2.47. The van der Waals surface area contributed by atoms with Crippen LogP contribution in [0.4, 0.5) is 5.13 Å². The van der Waals surface area contributed by atoms with Crippen molar-refractivity contribution in [2.75, 3.05) is 11.4 Å². The van der Waals surface area contributed by atoms with Crippen LogP contribution >= 0.6 is 27.3 Å². The summed E-state index contributed by atoms with van der Waals surface area (Å²) in [5.74, 6) is -0.126. The van der Waals surface area contributed by atoms with Crippen molar-refractivity contribution in [3.05, 3.63) is 51.5 Å². The van der Waals surface area contributed by atoms with Crippen molar-refractivity contribution in [3.8, 4) is 0 Å². The number of allylic oxidation sites excluding steroid dienone is 1. The number of halogens is 1. The molecule has 0 bridgehead atoms. The Morgan fingerprint density at radius 2 is 2.00 bits per heavy atom. The first-order valence-corrected chi connectivity index (χ1v) is 8.40. The van der Waals surface area contributed by atoms with E-state index in [9.17, 15) is 9.59 Å². The SMILES string of the molecule is CCN(C(C)=O)c1nc(/C=C/C(=O)c2ccc(Br)cc2)cs1. The Morgan fingerprint density at radius 3 is 2.59 bits per heavy atom. The number of benzene rings is 1. The van der Waals surface area contributed by atoms with E-state index < -0.39 is 0 Å². The van der Waals surface area contributed by atoms with Gasteiger partial charge in [0.05, 0.1) is 5.69 Å². The number of aromatic nitrogens is 1. The number of hydrogen-bond donors (Lipinski definition) is 0. The lowest BCUT2D eigenvalue weighted by molar-refractivity contribution is -0.116. The highest BCUT2D eigenvalue weighted by Gasteiger charge is 2.12. The minimum atomic E-state index is -0.0824. The zero-order valence-corrected chi connectivity index (χ0v) is 14.6. The molecule has 0 spiro atoms. The van der Waals surface area contributed by atoms with Gasteiger partial charge < -0.3 is 0 Å². The van der Waals surface area contributed by atoms with E-state index in [4.69, 9.17) is 0 Å². The zero-order chi connectivity index (χ0) is 16.1. The molecule has 1 aromatic heterocycles. The van der Waals surface area contributed by atoms with Crippen LogP contribution in [0.1, 0.15) is 29.9 Å². The van der Waals surface area contributed by atoms with E-state index in [1.54, 1.807) is 23.1 Å². The average molecular weight is 379 g/mol. The molecule has 0 unspecified atom stereocenters. The van der Waals surface area contributed by atoms with E-state index in [0.717, 1.165) is 4.47 Å². The summed E-state index contributed by atoms with van der Waals surface area (Å²) in [7, 11) is 0. The van der Waals surface area contributed by atoms with Crippen molar-refractivity contribution in [1.29, 1.82) is 0 Å². The van der Waals surface area contributed by atoms with E-state index in [-0.39, 0.29) is 11.7 Å². The molecular weight excluding hydrogens is 364 g/mol. The van der Waals surface area contributed by atoms with E-state index in [1.165, 1.54) is 24.3 Å². The molecule has 4 nitrogen and oxygen atoms in total. The summed E-state index contributed by atoms with van der Waals surface area (Å²) in [6.45, 7) is 3.98. The number of hydrogen-bond acceptors (Lipinski definition) is 4. The predicted molar refractivity (Wildman–Crippen MR) is 93.3 cm³/mol. The molecule has 114 valence electrons. The predicted octanol–water partition coefficient (Wildman–Crippen LogP) is 4.17. The number of amides is 1. The van der Waals surface area contributed by atoms with Gasteiger partial charge in [0, 0.05) is 28.9 Å². The van der Waals surface area contributed by atoms with E-state index in [2.05, 4.69) is 20.9 Å². The lowest BCUT2D eigenvalue weighted by atomic mass is 10.1. The summed E-state index contributed by atoms with van der Waals surface area (Å²) < 4.78 is 0.932. The number of carbonyl (C=O) groups excluding carboxylic acids is 2. The third-order valence-corrected chi connectivity index (χ3v) is 4.38. The van der Waals surface area contributed by atoms with Crippen molar-refractivity contribution >= 4 is 50.2 Å². The Hall–Kier alpha value is -1.79. The van der Waals surface area contributed by atoms with Crippen LogP contribution in [0.15, 0.2) is 40.2 Å². The zero-order valence-electron chi connectivity index (χ0n) is 12.2. The number of thiazole rings is 1. The largest absolute Gasteiger partial charge is 0.289 e. The molecule has 0 saturated carbocycles. The molecule has 0 atom stereocenters. The number of nitrogens with zero attached hydrogens (tertiary/aromatic N) is 2. The monoisotopic (exact) mass is 378 g/mol. The molecule has 6 heteroatoms. The van der Waals surface area contributed by atoms with Crippen LogP contribution in [0.25, 0.3) is 6.08 Å². The first-order valence-electron chi connectivity index (χ1n) is 6.73. The van der Waals surface area contributed by atoms with Gasteiger partial charge in [0.25, 0.3) is 0 Å². The summed E-state index contributed by atoms with van der Waals surface area (Å²) in [4.78, 5) is 29.5. The fourth-order valence-electron chi connectivity index (χ4n) is 1.84. The molecular formula is C16H15BrN2O2S. The second-order valence-electron chi connectivity index (χ2n) is 4.52. The molecule has 1 amide bonds. The summed E-state index contributed by atoms with van der Waals surface area (Å²) in [6.07, 6.45) is 3.16. The van der Waals surface area contributed by atoms with E-state index in [0.29, 0.717) is 22.9 Å². The second kappa shape index (κ2) is 7.47. The van der Waals surface area contributed by atoms with Crippen LogP contribution in [0, 0.1) is 0 Å². The summed E-state index contributed by atoms with van der Waals surface area (Å²) in [6, 6.07) is 7.18. The van der Waals surface area contributed by atoms with Crippen LogP contribution in [0.5, 0.6) is 0 Å².